The zero-order valence-corrected chi connectivity index (χ0v) is 17.7. The molecule has 2 aromatic rings. The maximum Gasteiger partial charge on any atom is 0.287 e. The van der Waals surface area contributed by atoms with E-state index < -0.39 is 11.9 Å². The van der Waals surface area contributed by atoms with Gasteiger partial charge in [0.1, 0.15) is 11.8 Å². The average Bonchev–Trinajstić information content (AvgIpc) is 3.22. The van der Waals surface area contributed by atoms with Gasteiger partial charge in [-0.3, -0.25) is 14.4 Å². The second-order valence-electron chi connectivity index (χ2n) is 8.01. The van der Waals surface area contributed by atoms with Crippen molar-refractivity contribution in [3.05, 3.63) is 42.2 Å². The van der Waals surface area contributed by atoms with Crippen LogP contribution in [0, 0.1) is 11.8 Å². The van der Waals surface area contributed by atoms with E-state index >= 15 is 0 Å². The molecule has 1 aliphatic rings. The lowest BCUT2D eigenvalue weighted by atomic mass is 9.79. The molecule has 0 unspecified atom stereocenters. The van der Waals surface area contributed by atoms with Crippen LogP contribution in [0.15, 0.2) is 40.8 Å². The van der Waals surface area contributed by atoms with Crippen LogP contribution in [0.2, 0.25) is 0 Å². The number of anilines is 1. The summed E-state index contributed by atoms with van der Waals surface area (Å²) in [6, 6.07) is 9.91. The largest absolute Gasteiger partial charge is 0.451 e. The molecule has 7 heteroatoms. The quantitative estimate of drug-likeness (QED) is 0.676. The Morgan fingerprint density at radius 2 is 1.67 bits per heavy atom. The number of nitrogens with one attached hydrogen (secondary N) is 3. The number of amides is 3. The third kappa shape index (κ3) is 5.28. The van der Waals surface area contributed by atoms with Crippen LogP contribution in [-0.2, 0) is 9.59 Å². The van der Waals surface area contributed by atoms with Gasteiger partial charge in [0.2, 0.25) is 11.8 Å². The molecule has 1 fully saturated rings. The smallest absolute Gasteiger partial charge is 0.287 e. The predicted molar refractivity (Wildman–Crippen MR) is 115 cm³/mol. The van der Waals surface area contributed by atoms with E-state index in [-0.39, 0.29) is 23.5 Å². The van der Waals surface area contributed by atoms with Gasteiger partial charge in [-0.1, -0.05) is 19.8 Å². The van der Waals surface area contributed by atoms with Crippen LogP contribution in [-0.4, -0.2) is 30.8 Å². The van der Waals surface area contributed by atoms with Gasteiger partial charge in [-0.15, -0.1) is 0 Å². The number of furan rings is 1. The van der Waals surface area contributed by atoms with Crippen molar-refractivity contribution in [1.82, 2.24) is 10.6 Å². The summed E-state index contributed by atoms with van der Waals surface area (Å²) in [5.41, 5.74) is 1.47. The normalized spacial score (nSPS) is 19.6. The molecule has 3 rings (SSSR count). The second kappa shape index (κ2) is 9.61. The van der Waals surface area contributed by atoms with E-state index in [1.54, 1.807) is 31.3 Å². The van der Waals surface area contributed by atoms with Gasteiger partial charge in [0.25, 0.3) is 5.91 Å². The number of likely N-dealkylation sites (N-methyl/N-ethyl adjacent to an activating group) is 1. The Balaban J connectivity index is 1.69. The van der Waals surface area contributed by atoms with Gasteiger partial charge in [0.05, 0.1) is 0 Å². The first-order chi connectivity index (χ1) is 14.4. The molecule has 1 saturated carbocycles. The number of hydrogen-bond acceptors (Lipinski definition) is 4. The summed E-state index contributed by atoms with van der Waals surface area (Å²) in [7, 11) is 1.59. The molecule has 30 heavy (non-hydrogen) atoms. The molecule has 7 nitrogen and oxygen atoms in total. The lowest BCUT2D eigenvalue weighted by molar-refractivity contribution is -0.124. The van der Waals surface area contributed by atoms with E-state index in [9.17, 15) is 14.4 Å². The van der Waals surface area contributed by atoms with Gasteiger partial charge in [0.15, 0.2) is 5.76 Å². The summed E-state index contributed by atoms with van der Waals surface area (Å²) in [5, 5.41) is 8.24. The molecule has 160 valence electrons. The van der Waals surface area contributed by atoms with E-state index in [1.807, 2.05) is 12.1 Å². The fraction of sp³-hybridized carbons (Fsp3) is 0.435. The molecule has 3 amide bonds. The lowest BCUT2D eigenvalue weighted by Gasteiger charge is -2.32. The van der Waals surface area contributed by atoms with Crippen LogP contribution in [0.3, 0.4) is 0 Å². The molecule has 1 aromatic carbocycles. The second-order valence-corrected chi connectivity index (χ2v) is 8.01. The molecule has 1 atom stereocenters. The summed E-state index contributed by atoms with van der Waals surface area (Å²) in [6.07, 6.45) is 3.97. The monoisotopic (exact) mass is 411 g/mol. The third-order valence-corrected chi connectivity index (χ3v) is 5.67. The summed E-state index contributed by atoms with van der Waals surface area (Å²) in [5.74, 6) is 0.767. The molecule has 1 aliphatic carbocycles. The highest BCUT2D eigenvalue weighted by Gasteiger charge is 2.32. The van der Waals surface area contributed by atoms with Gasteiger partial charge in [-0.05, 0) is 61.1 Å². The van der Waals surface area contributed by atoms with Crippen molar-refractivity contribution >= 4 is 23.4 Å². The van der Waals surface area contributed by atoms with Crippen molar-refractivity contribution in [3.63, 3.8) is 0 Å². The molecule has 0 saturated heterocycles. The van der Waals surface area contributed by atoms with Crippen molar-refractivity contribution in [2.45, 2.75) is 45.6 Å². The Kier molecular flexibility index (Phi) is 6.92. The van der Waals surface area contributed by atoms with Crippen LogP contribution in [0.25, 0.3) is 11.3 Å². The highest BCUT2D eigenvalue weighted by atomic mass is 16.4. The number of hydrogen-bond donors (Lipinski definition) is 3. The molecule has 0 aliphatic heterocycles. The van der Waals surface area contributed by atoms with Crippen LogP contribution in [0.4, 0.5) is 5.69 Å². The Labute approximate surface area is 176 Å². The summed E-state index contributed by atoms with van der Waals surface area (Å²) in [4.78, 5) is 36.3. The molecule has 1 heterocycles. The van der Waals surface area contributed by atoms with Gasteiger partial charge < -0.3 is 20.4 Å². The average molecular weight is 412 g/mol. The molecular weight excluding hydrogens is 382 g/mol. The maximum absolute atomic E-state index is 12.8. The summed E-state index contributed by atoms with van der Waals surface area (Å²) in [6.45, 7) is 3.67. The van der Waals surface area contributed by atoms with Crippen molar-refractivity contribution in [3.8, 4) is 11.3 Å². The van der Waals surface area contributed by atoms with E-state index in [1.165, 1.54) is 6.92 Å². The number of rotatable bonds is 6. The number of carbonyl (C=O) groups excluding carboxylic acids is 3. The fourth-order valence-corrected chi connectivity index (χ4v) is 3.92. The number of benzene rings is 1. The molecular formula is C23H29N3O4. The van der Waals surface area contributed by atoms with Crippen LogP contribution in [0.5, 0.6) is 0 Å². The van der Waals surface area contributed by atoms with Gasteiger partial charge in [-0.2, -0.15) is 0 Å². The van der Waals surface area contributed by atoms with E-state index in [0.717, 1.165) is 31.2 Å². The Hall–Kier alpha value is -3.09. The zero-order valence-electron chi connectivity index (χ0n) is 17.7. The van der Waals surface area contributed by atoms with Crippen molar-refractivity contribution in [1.29, 1.82) is 0 Å². The van der Waals surface area contributed by atoms with Crippen molar-refractivity contribution in [2.75, 3.05) is 12.4 Å². The van der Waals surface area contributed by atoms with Crippen molar-refractivity contribution in [2.24, 2.45) is 11.8 Å². The highest BCUT2D eigenvalue weighted by Crippen LogP contribution is 2.31. The first kappa shape index (κ1) is 21.6. The maximum atomic E-state index is 12.8. The Morgan fingerprint density at radius 1 is 1.00 bits per heavy atom. The fourth-order valence-electron chi connectivity index (χ4n) is 3.92. The Morgan fingerprint density at radius 3 is 2.27 bits per heavy atom. The van der Waals surface area contributed by atoms with Crippen LogP contribution >= 0.6 is 0 Å². The molecule has 0 bridgehead atoms. The zero-order chi connectivity index (χ0) is 21.7. The van der Waals surface area contributed by atoms with Crippen molar-refractivity contribution < 1.29 is 18.8 Å². The number of carbonyl (C=O) groups is 3. The van der Waals surface area contributed by atoms with E-state index in [4.69, 9.17) is 4.42 Å². The molecule has 0 spiro atoms. The van der Waals surface area contributed by atoms with Gasteiger partial charge in [-0.25, -0.2) is 0 Å². The summed E-state index contributed by atoms with van der Waals surface area (Å²) >= 11 is 0. The molecule has 0 radical (unpaired) electrons. The highest BCUT2D eigenvalue weighted by molar-refractivity contribution is 5.96. The van der Waals surface area contributed by atoms with Gasteiger partial charge in [0, 0.05) is 25.2 Å². The van der Waals surface area contributed by atoms with E-state index in [0.29, 0.717) is 17.4 Å². The lowest BCUT2D eigenvalue weighted by Crippen LogP contribution is -2.50. The minimum absolute atomic E-state index is 0.126. The van der Waals surface area contributed by atoms with Crippen LogP contribution in [0.1, 0.15) is 50.1 Å². The van der Waals surface area contributed by atoms with Crippen LogP contribution < -0.4 is 16.0 Å². The predicted octanol–water partition coefficient (Wildman–Crippen LogP) is 3.58. The third-order valence-electron chi connectivity index (χ3n) is 5.67. The molecule has 3 N–H and O–H groups in total. The topological polar surface area (TPSA) is 100 Å². The minimum atomic E-state index is -0.569. The Bertz CT molecular complexity index is 895. The minimum Gasteiger partial charge on any atom is -0.451 e. The van der Waals surface area contributed by atoms with Gasteiger partial charge >= 0.3 is 0 Å². The van der Waals surface area contributed by atoms with E-state index in [2.05, 4.69) is 22.9 Å². The first-order valence-electron chi connectivity index (χ1n) is 10.4. The molecule has 1 aromatic heterocycles. The summed E-state index contributed by atoms with van der Waals surface area (Å²) < 4.78 is 5.74. The SMILES string of the molecule is CNC(=O)[C@@H](NC(=O)c1ccc(-c2ccc(NC(C)=O)cc2)o1)C1CCC(C)CC1. The first-order valence-corrected chi connectivity index (χ1v) is 10.4. The standard InChI is InChI=1S/C23H29N3O4/c1-14-4-6-17(7-5-14)21(23(29)24-3)26-22(28)20-13-12-19(30-20)16-8-10-18(11-9-16)25-15(2)27/h8-14,17,21H,4-7H2,1-3H3,(H,24,29)(H,25,27)(H,26,28)/t14?,17?,21-/m0/s1.